The molecule has 0 unspecified atom stereocenters. The van der Waals surface area contributed by atoms with Crippen molar-refractivity contribution in [3.8, 4) is 0 Å². The maximum Gasteiger partial charge on any atom is 0.251 e. The minimum atomic E-state index is -1.17. The van der Waals surface area contributed by atoms with Gasteiger partial charge >= 0.3 is 0 Å². The van der Waals surface area contributed by atoms with E-state index in [1.165, 1.54) is 0 Å². The Balaban J connectivity index is 2.06. The Kier molecular flexibility index (Phi) is 5.74. The first-order chi connectivity index (χ1) is 11.8. The molecule has 0 fully saturated rings. The molecule has 0 bridgehead atoms. The van der Waals surface area contributed by atoms with Crippen LogP contribution in [0.1, 0.15) is 17.3 Å². The van der Waals surface area contributed by atoms with Crippen LogP contribution in [0.4, 0.5) is 23.2 Å². The van der Waals surface area contributed by atoms with Crippen molar-refractivity contribution in [2.45, 2.75) is 6.92 Å². The molecule has 0 spiro atoms. The Bertz CT molecular complexity index is 791. The molecule has 132 valence electrons. The Morgan fingerprint density at radius 2 is 1.60 bits per heavy atom. The zero-order chi connectivity index (χ0) is 18.6. The lowest BCUT2D eigenvalue weighted by Gasteiger charge is -2.22. The zero-order valence-electron chi connectivity index (χ0n) is 13.2. The van der Waals surface area contributed by atoms with E-state index in [2.05, 4.69) is 5.32 Å². The van der Waals surface area contributed by atoms with Crippen molar-refractivity contribution in [2.24, 2.45) is 0 Å². The van der Waals surface area contributed by atoms with Crippen molar-refractivity contribution in [1.82, 2.24) is 5.32 Å². The summed E-state index contributed by atoms with van der Waals surface area (Å²) in [5, 5.41) is 2.37. The molecule has 8 heteroatoms. The molecule has 2 aromatic carbocycles. The van der Waals surface area contributed by atoms with Gasteiger partial charge in [-0.05, 0) is 30.3 Å². The first kappa shape index (κ1) is 18.4. The molecule has 0 saturated heterocycles. The van der Waals surface area contributed by atoms with Gasteiger partial charge in [0, 0.05) is 25.6 Å². The number of para-hydroxylation sites is 1. The summed E-state index contributed by atoms with van der Waals surface area (Å²) in [5.41, 5.74) is -0.637. The topological polar surface area (TPSA) is 49.4 Å². The predicted octanol–water partition coefficient (Wildman–Crippen LogP) is 3.03. The van der Waals surface area contributed by atoms with E-state index in [-0.39, 0.29) is 18.7 Å². The number of hydrogen-bond acceptors (Lipinski definition) is 2. The molecule has 2 aromatic rings. The fourth-order valence-electron chi connectivity index (χ4n) is 2.19. The van der Waals surface area contributed by atoms with Crippen LogP contribution in [-0.4, -0.2) is 24.9 Å². The van der Waals surface area contributed by atoms with Gasteiger partial charge in [-0.25, -0.2) is 17.6 Å². The first-order valence-electron chi connectivity index (χ1n) is 7.26. The Morgan fingerprint density at radius 1 is 0.960 bits per heavy atom. The van der Waals surface area contributed by atoms with Crippen LogP contribution in [0.15, 0.2) is 36.4 Å². The quantitative estimate of drug-likeness (QED) is 0.839. The van der Waals surface area contributed by atoms with Gasteiger partial charge in [-0.15, -0.1) is 0 Å². The van der Waals surface area contributed by atoms with Gasteiger partial charge < -0.3 is 10.2 Å². The van der Waals surface area contributed by atoms with Gasteiger partial charge in [0.1, 0.15) is 17.3 Å². The average Bonchev–Trinajstić information content (AvgIpc) is 2.55. The lowest BCUT2D eigenvalue weighted by Crippen LogP contribution is -2.38. The highest BCUT2D eigenvalue weighted by atomic mass is 19.2. The fourth-order valence-corrected chi connectivity index (χ4v) is 2.19. The molecular formula is C17H14F4N2O2. The number of anilines is 1. The second kappa shape index (κ2) is 7.78. The monoisotopic (exact) mass is 354 g/mol. The summed E-state index contributed by atoms with van der Waals surface area (Å²) in [5.74, 6) is -5.42. The van der Waals surface area contributed by atoms with Crippen LogP contribution in [0.3, 0.4) is 0 Å². The highest BCUT2D eigenvalue weighted by molar-refractivity contribution is 5.94. The van der Waals surface area contributed by atoms with E-state index in [1.807, 2.05) is 0 Å². The summed E-state index contributed by atoms with van der Waals surface area (Å²) < 4.78 is 53.6. The number of nitrogens with zero attached hydrogens (tertiary/aromatic N) is 1. The van der Waals surface area contributed by atoms with Crippen LogP contribution in [0, 0.1) is 23.3 Å². The van der Waals surface area contributed by atoms with E-state index in [0.29, 0.717) is 0 Å². The van der Waals surface area contributed by atoms with Gasteiger partial charge in [0.05, 0.1) is 0 Å². The number of carbonyl (C=O) groups excluding carboxylic acids is 2. The smallest absolute Gasteiger partial charge is 0.251 e. The molecule has 0 saturated carbocycles. The summed E-state index contributed by atoms with van der Waals surface area (Å²) in [6, 6.07) is 5.80. The van der Waals surface area contributed by atoms with Crippen LogP contribution < -0.4 is 10.2 Å². The lowest BCUT2D eigenvalue weighted by molar-refractivity contribution is -0.116. The third kappa shape index (κ3) is 4.34. The van der Waals surface area contributed by atoms with Crippen molar-refractivity contribution < 1.29 is 27.2 Å². The second-order valence-corrected chi connectivity index (χ2v) is 5.13. The molecule has 2 amide bonds. The number of halogens is 4. The first-order valence-corrected chi connectivity index (χ1v) is 7.26. The van der Waals surface area contributed by atoms with Crippen molar-refractivity contribution >= 4 is 17.5 Å². The van der Waals surface area contributed by atoms with Crippen molar-refractivity contribution in [1.29, 1.82) is 0 Å². The van der Waals surface area contributed by atoms with Gasteiger partial charge in [-0.1, -0.05) is 6.07 Å². The van der Waals surface area contributed by atoms with Gasteiger partial charge in [-0.3, -0.25) is 9.59 Å². The molecule has 0 aliphatic rings. The third-order valence-corrected chi connectivity index (χ3v) is 3.39. The predicted molar refractivity (Wildman–Crippen MR) is 83.1 cm³/mol. The largest absolute Gasteiger partial charge is 0.350 e. The standard InChI is InChI=1S/C17H14F4N2O2/c1-10(24)23(16-13(19)3-2-4-14(16)20)8-7-22-17(25)11-5-6-12(18)15(21)9-11/h2-6,9H,7-8H2,1H3,(H,22,25). The number of rotatable bonds is 5. The van der Waals surface area contributed by atoms with Crippen LogP contribution in [-0.2, 0) is 4.79 Å². The molecule has 1 N–H and O–H groups in total. The molecule has 0 atom stereocenters. The minimum Gasteiger partial charge on any atom is -0.350 e. The molecule has 0 heterocycles. The van der Waals surface area contributed by atoms with E-state index >= 15 is 0 Å². The van der Waals surface area contributed by atoms with Crippen LogP contribution in [0.2, 0.25) is 0 Å². The molecule has 0 aliphatic carbocycles. The number of benzene rings is 2. The van der Waals surface area contributed by atoms with Crippen LogP contribution in [0.5, 0.6) is 0 Å². The number of nitrogens with one attached hydrogen (secondary N) is 1. The van der Waals surface area contributed by atoms with Gasteiger partial charge in [0.25, 0.3) is 5.91 Å². The lowest BCUT2D eigenvalue weighted by atomic mass is 10.2. The Morgan fingerprint density at radius 3 is 2.16 bits per heavy atom. The third-order valence-electron chi connectivity index (χ3n) is 3.39. The van der Waals surface area contributed by atoms with E-state index in [9.17, 15) is 27.2 Å². The van der Waals surface area contributed by atoms with Gasteiger partial charge in [0.15, 0.2) is 11.6 Å². The SMILES string of the molecule is CC(=O)N(CCNC(=O)c1ccc(F)c(F)c1)c1c(F)cccc1F. The summed E-state index contributed by atoms with van der Waals surface area (Å²) in [6.45, 7) is 0.775. The van der Waals surface area contributed by atoms with E-state index < -0.39 is 40.8 Å². The second-order valence-electron chi connectivity index (χ2n) is 5.13. The van der Waals surface area contributed by atoms with Crippen molar-refractivity contribution in [3.05, 3.63) is 65.2 Å². The average molecular weight is 354 g/mol. The molecule has 4 nitrogen and oxygen atoms in total. The zero-order valence-corrected chi connectivity index (χ0v) is 13.2. The summed E-state index contributed by atoms with van der Waals surface area (Å²) in [6.07, 6.45) is 0. The summed E-state index contributed by atoms with van der Waals surface area (Å²) >= 11 is 0. The van der Waals surface area contributed by atoms with Crippen molar-refractivity contribution in [2.75, 3.05) is 18.0 Å². The van der Waals surface area contributed by atoms with E-state index in [0.717, 1.165) is 48.2 Å². The highest BCUT2D eigenvalue weighted by Crippen LogP contribution is 2.23. The molecule has 0 aliphatic heterocycles. The molecule has 0 aromatic heterocycles. The van der Waals surface area contributed by atoms with Gasteiger partial charge in [0.2, 0.25) is 5.91 Å². The minimum absolute atomic E-state index is 0.120. The Hall–Kier alpha value is -2.90. The Labute approximate surface area is 141 Å². The fraction of sp³-hybridized carbons (Fsp3) is 0.176. The van der Waals surface area contributed by atoms with Crippen LogP contribution in [0.25, 0.3) is 0 Å². The number of amides is 2. The number of carbonyl (C=O) groups is 2. The van der Waals surface area contributed by atoms with Crippen molar-refractivity contribution in [3.63, 3.8) is 0 Å². The number of hydrogen-bond donors (Lipinski definition) is 1. The summed E-state index contributed by atoms with van der Waals surface area (Å²) in [7, 11) is 0. The highest BCUT2D eigenvalue weighted by Gasteiger charge is 2.20. The molecule has 2 rings (SSSR count). The molecule has 25 heavy (non-hydrogen) atoms. The molecular weight excluding hydrogens is 340 g/mol. The van der Waals surface area contributed by atoms with Gasteiger partial charge in [-0.2, -0.15) is 0 Å². The summed E-state index contributed by atoms with van der Waals surface area (Å²) in [4.78, 5) is 24.4. The maximum atomic E-state index is 13.8. The normalized spacial score (nSPS) is 10.4. The van der Waals surface area contributed by atoms with E-state index in [4.69, 9.17) is 0 Å². The molecule has 0 radical (unpaired) electrons. The van der Waals surface area contributed by atoms with E-state index in [1.54, 1.807) is 0 Å². The van der Waals surface area contributed by atoms with Crippen LogP contribution >= 0.6 is 0 Å². The maximum absolute atomic E-state index is 13.8.